The molecule has 1 amide bonds. The molecule has 102 valence electrons. The molecule has 0 fully saturated rings. The molecule has 6 nitrogen and oxygen atoms in total. The molecule has 0 radical (unpaired) electrons. The predicted molar refractivity (Wildman–Crippen MR) is 74.3 cm³/mol. The minimum Gasteiger partial charge on any atom is -0.340 e. The molecule has 0 unspecified atom stereocenters. The van der Waals surface area contributed by atoms with Crippen LogP contribution in [0.25, 0.3) is 0 Å². The Bertz CT molecular complexity index is 589. The number of aryl methyl sites for hydroxylation is 1. The molecule has 2 aromatic rings. The van der Waals surface area contributed by atoms with E-state index in [1.807, 2.05) is 14.0 Å². The maximum Gasteiger partial charge on any atom is 0.244 e. The van der Waals surface area contributed by atoms with Crippen molar-refractivity contribution in [1.82, 2.24) is 24.5 Å². The van der Waals surface area contributed by atoms with Crippen molar-refractivity contribution >= 4 is 21.8 Å². The molecule has 0 aliphatic heterocycles. The molecule has 2 rings (SSSR count). The van der Waals surface area contributed by atoms with E-state index in [4.69, 9.17) is 0 Å². The van der Waals surface area contributed by atoms with Crippen molar-refractivity contribution in [2.75, 3.05) is 7.05 Å². The summed E-state index contributed by atoms with van der Waals surface area (Å²) in [6.07, 6.45) is 5.24. The van der Waals surface area contributed by atoms with Crippen molar-refractivity contribution in [3.05, 3.63) is 34.3 Å². The van der Waals surface area contributed by atoms with E-state index >= 15 is 0 Å². The Morgan fingerprint density at radius 2 is 2.16 bits per heavy atom. The van der Waals surface area contributed by atoms with E-state index in [0.29, 0.717) is 6.54 Å². The van der Waals surface area contributed by atoms with Crippen molar-refractivity contribution in [3.8, 4) is 0 Å². The lowest BCUT2D eigenvalue weighted by Crippen LogP contribution is -2.30. The number of nitrogens with zero attached hydrogens (tertiary/aromatic N) is 5. The molecule has 0 atom stereocenters. The number of hydrogen-bond acceptors (Lipinski definition) is 3. The molecule has 0 aromatic carbocycles. The van der Waals surface area contributed by atoms with Crippen LogP contribution in [-0.4, -0.2) is 37.4 Å². The first kappa shape index (κ1) is 13.8. The van der Waals surface area contributed by atoms with E-state index in [1.165, 1.54) is 0 Å². The second kappa shape index (κ2) is 5.56. The molecular weight excluding hydrogens is 310 g/mol. The second-order valence-corrected chi connectivity index (χ2v) is 5.40. The third kappa shape index (κ3) is 3.23. The van der Waals surface area contributed by atoms with E-state index < -0.39 is 0 Å². The highest BCUT2D eigenvalue weighted by molar-refractivity contribution is 9.10. The fourth-order valence-corrected chi connectivity index (χ4v) is 2.06. The molecule has 0 aliphatic carbocycles. The van der Waals surface area contributed by atoms with Gasteiger partial charge in [-0.25, -0.2) is 0 Å². The van der Waals surface area contributed by atoms with Crippen molar-refractivity contribution in [1.29, 1.82) is 0 Å². The number of hydrogen-bond donors (Lipinski definition) is 0. The second-order valence-electron chi connectivity index (χ2n) is 4.48. The first-order valence-corrected chi connectivity index (χ1v) is 6.66. The number of amides is 1. The van der Waals surface area contributed by atoms with Gasteiger partial charge in [-0.1, -0.05) is 0 Å². The summed E-state index contributed by atoms with van der Waals surface area (Å²) in [6.45, 7) is 2.79. The Labute approximate surface area is 120 Å². The van der Waals surface area contributed by atoms with Gasteiger partial charge in [0.1, 0.15) is 6.54 Å². The number of carbonyl (C=O) groups is 1. The largest absolute Gasteiger partial charge is 0.340 e. The molecule has 19 heavy (non-hydrogen) atoms. The standard InChI is InChI=1S/C12H16BrN5O/c1-9-10(4-14-17(9)3)6-16(2)12(19)8-18-7-11(13)5-15-18/h4-5,7H,6,8H2,1-3H3. The van der Waals surface area contributed by atoms with E-state index in [1.54, 1.807) is 39.9 Å². The highest BCUT2D eigenvalue weighted by Gasteiger charge is 2.13. The molecule has 2 heterocycles. The third-order valence-corrected chi connectivity index (χ3v) is 3.48. The van der Waals surface area contributed by atoms with Crippen molar-refractivity contribution in [2.45, 2.75) is 20.0 Å². The van der Waals surface area contributed by atoms with Gasteiger partial charge in [-0.15, -0.1) is 0 Å². The molecule has 0 spiro atoms. The van der Waals surface area contributed by atoms with Crippen LogP contribution in [-0.2, 0) is 24.9 Å². The normalized spacial score (nSPS) is 10.7. The van der Waals surface area contributed by atoms with Crippen molar-refractivity contribution in [2.24, 2.45) is 7.05 Å². The summed E-state index contributed by atoms with van der Waals surface area (Å²) < 4.78 is 4.28. The predicted octanol–water partition coefficient (Wildman–Crippen LogP) is 1.35. The van der Waals surface area contributed by atoms with E-state index in [2.05, 4.69) is 26.1 Å². The van der Waals surface area contributed by atoms with Gasteiger partial charge in [0.25, 0.3) is 0 Å². The number of rotatable bonds is 4. The van der Waals surface area contributed by atoms with Crippen LogP contribution in [0.3, 0.4) is 0 Å². The molecule has 0 bridgehead atoms. The minimum atomic E-state index is 0.0128. The zero-order valence-electron chi connectivity index (χ0n) is 11.2. The summed E-state index contributed by atoms with van der Waals surface area (Å²) in [5.41, 5.74) is 2.13. The van der Waals surface area contributed by atoms with Crippen LogP contribution in [0.1, 0.15) is 11.3 Å². The SMILES string of the molecule is Cc1c(CN(C)C(=O)Cn2cc(Br)cn2)cnn1C. The Balaban J connectivity index is 1.98. The molecule has 0 N–H and O–H groups in total. The lowest BCUT2D eigenvalue weighted by molar-refractivity contribution is -0.131. The Morgan fingerprint density at radius 3 is 2.68 bits per heavy atom. The first-order chi connectivity index (χ1) is 8.97. The van der Waals surface area contributed by atoms with Gasteiger partial charge in [0, 0.05) is 38.1 Å². The number of likely N-dealkylation sites (N-methyl/N-ethyl adjacent to an activating group) is 1. The molecular formula is C12H16BrN5O. The van der Waals surface area contributed by atoms with Gasteiger partial charge in [0.05, 0.1) is 16.9 Å². The monoisotopic (exact) mass is 325 g/mol. The number of halogens is 1. The van der Waals surface area contributed by atoms with E-state index in [9.17, 15) is 4.79 Å². The molecule has 2 aromatic heterocycles. The van der Waals surface area contributed by atoms with Crippen molar-refractivity contribution in [3.63, 3.8) is 0 Å². The van der Waals surface area contributed by atoms with Gasteiger partial charge in [-0.05, 0) is 22.9 Å². The van der Waals surface area contributed by atoms with E-state index in [-0.39, 0.29) is 12.5 Å². The van der Waals surface area contributed by atoms with Gasteiger partial charge < -0.3 is 4.90 Å². The van der Waals surface area contributed by atoms with Crippen LogP contribution >= 0.6 is 15.9 Å². The van der Waals surface area contributed by atoms with E-state index in [0.717, 1.165) is 15.7 Å². The fraction of sp³-hybridized carbons (Fsp3) is 0.417. The fourth-order valence-electron chi connectivity index (χ4n) is 1.73. The third-order valence-electron chi connectivity index (χ3n) is 3.07. The maximum atomic E-state index is 12.1. The summed E-state index contributed by atoms with van der Waals surface area (Å²) in [6, 6.07) is 0. The minimum absolute atomic E-state index is 0.0128. The van der Waals surface area contributed by atoms with Crippen LogP contribution < -0.4 is 0 Å². The summed E-state index contributed by atoms with van der Waals surface area (Å²) in [5, 5.41) is 8.24. The lowest BCUT2D eigenvalue weighted by Gasteiger charge is -2.16. The highest BCUT2D eigenvalue weighted by Crippen LogP contribution is 2.10. The lowest BCUT2D eigenvalue weighted by atomic mass is 10.2. The zero-order valence-corrected chi connectivity index (χ0v) is 12.8. The molecule has 0 saturated carbocycles. The Morgan fingerprint density at radius 1 is 1.42 bits per heavy atom. The van der Waals surface area contributed by atoms with Crippen LogP contribution in [0.5, 0.6) is 0 Å². The summed E-state index contributed by atoms with van der Waals surface area (Å²) >= 11 is 3.31. The quantitative estimate of drug-likeness (QED) is 0.852. The van der Waals surface area contributed by atoms with Gasteiger partial charge in [0.2, 0.25) is 5.91 Å². The summed E-state index contributed by atoms with van der Waals surface area (Å²) in [4.78, 5) is 13.7. The van der Waals surface area contributed by atoms with Gasteiger partial charge in [-0.2, -0.15) is 10.2 Å². The van der Waals surface area contributed by atoms with Crippen LogP contribution in [0.2, 0.25) is 0 Å². The summed E-state index contributed by atoms with van der Waals surface area (Å²) in [5.74, 6) is 0.0128. The Hall–Kier alpha value is -1.63. The molecule has 0 aliphatic rings. The van der Waals surface area contributed by atoms with Crippen molar-refractivity contribution < 1.29 is 4.79 Å². The zero-order chi connectivity index (χ0) is 14.0. The van der Waals surface area contributed by atoms with Gasteiger partial charge in [0.15, 0.2) is 0 Å². The maximum absolute atomic E-state index is 12.1. The average molecular weight is 326 g/mol. The first-order valence-electron chi connectivity index (χ1n) is 5.86. The molecule has 0 saturated heterocycles. The average Bonchev–Trinajstić information content (AvgIpc) is 2.90. The van der Waals surface area contributed by atoms with Gasteiger partial charge >= 0.3 is 0 Å². The highest BCUT2D eigenvalue weighted by atomic mass is 79.9. The topological polar surface area (TPSA) is 56.0 Å². The van der Waals surface area contributed by atoms with Crippen LogP contribution in [0.4, 0.5) is 0 Å². The van der Waals surface area contributed by atoms with Gasteiger partial charge in [-0.3, -0.25) is 14.2 Å². The Kier molecular flexibility index (Phi) is 4.04. The number of aromatic nitrogens is 4. The van der Waals surface area contributed by atoms with Crippen LogP contribution in [0.15, 0.2) is 23.1 Å². The number of carbonyl (C=O) groups excluding carboxylic acids is 1. The summed E-state index contributed by atoms with van der Waals surface area (Å²) in [7, 11) is 3.68. The molecule has 7 heteroatoms. The van der Waals surface area contributed by atoms with Crippen LogP contribution in [0, 0.1) is 6.92 Å². The smallest absolute Gasteiger partial charge is 0.244 e.